The van der Waals surface area contributed by atoms with Gasteiger partial charge in [0, 0.05) is 27.7 Å². The third-order valence-electron chi connectivity index (χ3n) is 11.7. The Labute approximate surface area is 326 Å². The van der Waals surface area contributed by atoms with Gasteiger partial charge in [0.2, 0.25) is 0 Å². The van der Waals surface area contributed by atoms with E-state index < -0.39 is 0 Å². The fourth-order valence-corrected chi connectivity index (χ4v) is 8.79. The first kappa shape index (κ1) is 32.5. The number of hydrogen-bond acceptors (Lipinski definition) is 2. The lowest BCUT2D eigenvalue weighted by atomic mass is 9.77. The summed E-state index contributed by atoms with van der Waals surface area (Å²) in [5, 5.41) is 7.24. The second-order valence-electron chi connectivity index (χ2n) is 16.2. The molecular formula is C54H39NO. The Balaban J connectivity index is 1.10. The zero-order valence-corrected chi connectivity index (χ0v) is 31.7. The lowest BCUT2D eigenvalue weighted by molar-refractivity contribution is 0.590. The van der Waals surface area contributed by atoms with Gasteiger partial charge in [-0.2, -0.15) is 0 Å². The van der Waals surface area contributed by atoms with Crippen LogP contribution in [0.2, 0.25) is 0 Å². The van der Waals surface area contributed by atoms with Crippen molar-refractivity contribution in [2.24, 2.45) is 0 Å². The van der Waals surface area contributed by atoms with Crippen LogP contribution >= 0.6 is 0 Å². The van der Waals surface area contributed by atoms with Crippen LogP contribution in [0.25, 0.3) is 88.0 Å². The summed E-state index contributed by atoms with van der Waals surface area (Å²) < 4.78 is 6.47. The highest BCUT2D eigenvalue weighted by Gasteiger charge is 2.26. The molecule has 0 unspecified atom stereocenters. The molecule has 0 amide bonds. The Morgan fingerprint density at radius 3 is 1.66 bits per heavy atom. The summed E-state index contributed by atoms with van der Waals surface area (Å²) in [6, 6.07) is 66.6. The average Bonchev–Trinajstić information content (AvgIpc) is 3.61. The summed E-state index contributed by atoms with van der Waals surface area (Å²) in [4.78, 5) is 2.43. The first-order valence-corrected chi connectivity index (χ1v) is 19.5. The first-order chi connectivity index (χ1) is 27.4. The number of nitrogens with zero attached hydrogens (tertiary/aromatic N) is 1. The third-order valence-corrected chi connectivity index (χ3v) is 11.7. The van der Waals surface area contributed by atoms with E-state index in [1.807, 2.05) is 6.07 Å². The third kappa shape index (κ3) is 5.17. The lowest BCUT2D eigenvalue weighted by Crippen LogP contribution is -2.14. The standard InChI is InChI=1S/C54H39NO/c1-54(2,3)41-21-24-42(25-22-41)55(49-26-27-51-53(44-16-10-11-17-50(44)56-51)52(49)35-14-8-5-9-15-35)43-23-20-38-31-46-45-30-37-19-18-36(34-12-6-4-7-13-34)28-39(37)32-47(45)48(46)33-40(38)29-43/h4-33H,1-3H3. The second-order valence-corrected chi connectivity index (χ2v) is 16.2. The molecular weight excluding hydrogens is 679 g/mol. The SMILES string of the molecule is CC(C)(C)c1ccc(N(c2ccc3cc4c(cc3c2)-c2cc3cc(-c5ccccc5)ccc3cc2-4)c2ccc3oc4ccccc4c3c2-c2ccccc2)cc1. The van der Waals surface area contributed by atoms with Crippen LogP contribution in [0.1, 0.15) is 26.3 Å². The molecule has 1 aliphatic carbocycles. The zero-order valence-electron chi connectivity index (χ0n) is 31.7. The summed E-state index contributed by atoms with van der Waals surface area (Å²) in [7, 11) is 0. The zero-order chi connectivity index (χ0) is 37.5. The van der Waals surface area contributed by atoms with Gasteiger partial charge in [0.15, 0.2) is 0 Å². The topological polar surface area (TPSA) is 16.4 Å². The van der Waals surface area contributed by atoms with Gasteiger partial charge < -0.3 is 9.32 Å². The molecule has 9 aromatic carbocycles. The van der Waals surface area contributed by atoms with Crippen molar-refractivity contribution in [3.05, 3.63) is 188 Å². The fraction of sp³-hybridized carbons (Fsp3) is 0.0741. The maximum absolute atomic E-state index is 6.47. The van der Waals surface area contributed by atoms with Crippen LogP contribution < -0.4 is 4.90 Å². The van der Waals surface area contributed by atoms with E-state index in [0.717, 1.165) is 50.1 Å². The smallest absolute Gasteiger partial charge is 0.136 e. The Morgan fingerprint density at radius 1 is 0.411 bits per heavy atom. The number of anilines is 3. The van der Waals surface area contributed by atoms with Crippen molar-refractivity contribution >= 4 is 60.5 Å². The maximum Gasteiger partial charge on any atom is 0.136 e. The molecule has 1 heterocycles. The minimum Gasteiger partial charge on any atom is -0.456 e. The molecule has 0 N–H and O–H groups in total. The largest absolute Gasteiger partial charge is 0.456 e. The van der Waals surface area contributed by atoms with E-state index in [-0.39, 0.29) is 5.41 Å². The van der Waals surface area contributed by atoms with Gasteiger partial charge in [0.25, 0.3) is 0 Å². The highest BCUT2D eigenvalue weighted by molar-refractivity contribution is 6.17. The molecule has 1 aliphatic rings. The molecule has 10 aromatic rings. The van der Waals surface area contributed by atoms with Gasteiger partial charge >= 0.3 is 0 Å². The summed E-state index contributed by atoms with van der Waals surface area (Å²) in [6.45, 7) is 6.81. The summed E-state index contributed by atoms with van der Waals surface area (Å²) in [6.07, 6.45) is 0. The van der Waals surface area contributed by atoms with Crippen molar-refractivity contribution in [1.82, 2.24) is 0 Å². The van der Waals surface area contributed by atoms with Crippen LogP contribution in [0.4, 0.5) is 17.1 Å². The van der Waals surface area contributed by atoms with Gasteiger partial charge in [-0.1, -0.05) is 130 Å². The molecule has 2 nitrogen and oxygen atoms in total. The quantitative estimate of drug-likeness (QED) is 0.176. The number of benzene rings is 9. The molecule has 56 heavy (non-hydrogen) atoms. The predicted octanol–water partition coefficient (Wildman–Crippen LogP) is 15.6. The van der Waals surface area contributed by atoms with Crippen molar-refractivity contribution in [2.75, 3.05) is 4.90 Å². The van der Waals surface area contributed by atoms with Gasteiger partial charge in [-0.05, 0) is 144 Å². The van der Waals surface area contributed by atoms with Crippen LogP contribution in [-0.2, 0) is 5.41 Å². The Morgan fingerprint density at radius 2 is 0.982 bits per heavy atom. The van der Waals surface area contributed by atoms with E-state index in [4.69, 9.17) is 4.42 Å². The number of hydrogen-bond donors (Lipinski definition) is 0. The Kier molecular flexibility index (Phi) is 7.15. The van der Waals surface area contributed by atoms with Gasteiger partial charge in [0.05, 0.1) is 5.69 Å². The molecule has 266 valence electrons. The van der Waals surface area contributed by atoms with E-state index >= 15 is 0 Å². The fourth-order valence-electron chi connectivity index (χ4n) is 8.79. The molecule has 0 saturated heterocycles. The van der Waals surface area contributed by atoms with E-state index in [9.17, 15) is 0 Å². The van der Waals surface area contributed by atoms with Crippen LogP contribution in [-0.4, -0.2) is 0 Å². The highest BCUT2D eigenvalue weighted by atomic mass is 16.3. The highest BCUT2D eigenvalue weighted by Crippen LogP contribution is 2.52. The van der Waals surface area contributed by atoms with Crippen molar-refractivity contribution in [3.8, 4) is 44.5 Å². The van der Waals surface area contributed by atoms with Crippen molar-refractivity contribution in [3.63, 3.8) is 0 Å². The normalized spacial score (nSPS) is 12.2. The number of rotatable bonds is 5. The lowest BCUT2D eigenvalue weighted by Gasteiger charge is -2.30. The maximum atomic E-state index is 6.47. The molecule has 1 aromatic heterocycles. The molecule has 0 saturated carbocycles. The van der Waals surface area contributed by atoms with Crippen molar-refractivity contribution in [2.45, 2.75) is 26.2 Å². The number of furan rings is 1. The molecule has 0 radical (unpaired) electrons. The average molecular weight is 718 g/mol. The molecule has 0 spiro atoms. The van der Waals surface area contributed by atoms with Crippen LogP contribution in [0, 0.1) is 0 Å². The second kappa shape index (κ2) is 12.3. The number of para-hydroxylation sites is 1. The minimum absolute atomic E-state index is 0.0444. The van der Waals surface area contributed by atoms with Crippen LogP contribution in [0.5, 0.6) is 0 Å². The minimum atomic E-state index is 0.0444. The first-order valence-electron chi connectivity index (χ1n) is 19.5. The Hall–Kier alpha value is -6.90. The van der Waals surface area contributed by atoms with E-state index in [1.165, 1.54) is 60.5 Å². The summed E-state index contributed by atoms with van der Waals surface area (Å²) in [5.41, 5.74) is 16.5. The van der Waals surface area contributed by atoms with Crippen LogP contribution in [0.3, 0.4) is 0 Å². The molecule has 0 atom stereocenters. The molecule has 0 bridgehead atoms. The summed E-state index contributed by atoms with van der Waals surface area (Å²) >= 11 is 0. The van der Waals surface area contributed by atoms with Crippen molar-refractivity contribution < 1.29 is 4.42 Å². The molecule has 11 rings (SSSR count). The van der Waals surface area contributed by atoms with E-state index in [1.54, 1.807) is 0 Å². The molecule has 2 heteroatoms. The predicted molar refractivity (Wildman–Crippen MR) is 237 cm³/mol. The van der Waals surface area contributed by atoms with Gasteiger partial charge in [0.1, 0.15) is 11.2 Å². The van der Waals surface area contributed by atoms with Crippen LogP contribution in [0.15, 0.2) is 186 Å². The van der Waals surface area contributed by atoms with Crippen molar-refractivity contribution in [1.29, 1.82) is 0 Å². The summed E-state index contributed by atoms with van der Waals surface area (Å²) in [5.74, 6) is 0. The number of fused-ring (bicyclic) bond motifs is 9. The molecule has 0 fully saturated rings. The van der Waals surface area contributed by atoms with Gasteiger partial charge in [-0.3, -0.25) is 0 Å². The monoisotopic (exact) mass is 717 g/mol. The molecule has 0 aliphatic heterocycles. The Bertz CT molecular complexity index is 3150. The van der Waals surface area contributed by atoms with Gasteiger partial charge in [-0.15, -0.1) is 0 Å². The van der Waals surface area contributed by atoms with E-state index in [0.29, 0.717) is 0 Å². The van der Waals surface area contributed by atoms with E-state index in [2.05, 4.69) is 202 Å². The van der Waals surface area contributed by atoms with Gasteiger partial charge in [-0.25, -0.2) is 0 Å².